The second-order valence-electron chi connectivity index (χ2n) is 2.64. The summed E-state index contributed by atoms with van der Waals surface area (Å²) in [5.74, 6) is 0.627. The first-order chi connectivity index (χ1) is 5.65. The molecule has 0 fully saturated rings. The molecule has 0 saturated carbocycles. The first kappa shape index (κ1) is 9.61. The average Bonchev–Trinajstić information content (AvgIpc) is 2.35. The predicted octanol–water partition coefficient (Wildman–Crippen LogP) is 1.70. The van der Waals surface area contributed by atoms with Gasteiger partial charge in [-0.1, -0.05) is 17.9 Å². The molecule has 0 atom stereocenters. The van der Waals surface area contributed by atoms with E-state index in [2.05, 4.69) is 19.2 Å². The van der Waals surface area contributed by atoms with Crippen molar-refractivity contribution in [3.63, 3.8) is 0 Å². The highest BCUT2D eigenvalue weighted by Gasteiger charge is 2.02. The summed E-state index contributed by atoms with van der Waals surface area (Å²) in [6.45, 7) is 6.31. The zero-order chi connectivity index (χ0) is 9.14. The Morgan fingerprint density at radius 1 is 1.83 bits per heavy atom. The van der Waals surface area contributed by atoms with E-state index in [0.717, 1.165) is 11.3 Å². The largest absolute Gasteiger partial charge is 0.307 e. The molecule has 1 aromatic rings. The standard InChI is InChI=1S/C8H11NOS2/c1-6(4-11)3-9-7(2)5-12-8(9)10/h5,11H,1,3-4H2,2H3. The monoisotopic (exact) mass is 201 g/mol. The molecule has 1 aromatic heterocycles. The summed E-state index contributed by atoms with van der Waals surface area (Å²) in [5, 5.41) is 1.86. The van der Waals surface area contributed by atoms with Gasteiger partial charge in [-0.2, -0.15) is 12.6 Å². The molecule has 12 heavy (non-hydrogen) atoms. The topological polar surface area (TPSA) is 22.0 Å². The van der Waals surface area contributed by atoms with Gasteiger partial charge in [-0.25, -0.2) is 0 Å². The normalized spacial score (nSPS) is 10.2. The van der Waals surface area contributed by atoms with Gasteiger partial charge in [0, 0.05) is 23.4 Å². The number of rotatable bonds is 3. The van der Waals surface area contributed by atoms with Crippen molar-refractivity contribution >= 4 is 24.0 Å². The van der Waals surface area contributed by atoms with Crippen molar-refractivity contribution in [3.05, 3.63) is 32.9 Å². The predicted molar refractivity (Wildman–Crippen MR) is 56.3 cm³/mol. The fraction of sp³-hybridized carbons (Fsp3) is 0.375. The lowest BCUT2D eigenvalue weighted by molar-refractivity contribution is 0.747. The van der Waals surface area contributed by atoms with Gasteiger partial charge < -0.3 is 0 Å². The molecule has 0 spiro atoms. The van der Waals surface area contributed by atoms with Crippen molar-refractivity contribution in [2.45, 2.75) is 13.5 Å². The van der Waals surface area contributed by atoms with E-state index < -0.39 is 0 Å². The minimum Gasteiger partial charge on any atom is -0.299 e. The zero-order valence-corrected chi connectivity index (χ0v) is 8.62. The van der Waals surface area contributed by atoms with E-state index in [1.807, 2.05) is 12.3 Å². The Morgan fingerprint density at radius 2 is 2.50 bits per heavy atom. The summed E-state index contributed by atoms with van der Waals surface area (Å²) in [6, 6.07) is 0. The maximum atomic E-state index is 11.2. The fourth-order valence-corrected chi connectivity index (χ4v) is 1.70. The summed E-state index contributed by atoms with van der Waals surface area (Å²) in [4.78, 5) is 11.3. The van der Waals surface area contributed by atoms with Crippen molar-refractivity contribution < 1.29 is 0 Å². The summed E-state index contributed by atoms with van der Waals surface area (Å²) in [7, 11) is 0. The van der Waals surface area contributed by atoms with Crippen LogP contribution in [-0.4, -0.2) is 10.3 Å². The van der Waals surface area contributed by atoms with Crippen LogP contribution in [0.4, 0.5) is 0 Å². The number of aromatic nitrogens is 1. The van der Waals surface area contributed by atoms with Crippen molar-refractivity contribution in [1.29, 1.82) is 0 Å². The van der Waals surface area contributed by atoms with E-state index >= 15 is 0 Å². The number of nitrogens with zero attached hydrogens (tertiary/aromatic N) is 1. The molecule has 0 saturated heterocycles. The van der Waals surface area contributed by atoms with Gasteiger partial charge in [0.05, 0.1) is 0 Å². The number of thiol groups is 1. The number of thiazole rings is 1. The van der Waals surface area contributed by atoms with Crippen LogP contribution in [0.1, 0.15) is 5.69 Å². The summed E-state index contributed by atoms with van der Waals surface area (Å²) in [6.07, 6.45) is 0. The maximum absolute atomic E-state index is 11.2. The van der Waals surface area contributed by atoms with Gasteiger partial charge in [-0.15, -0.1) is 0 Å². The Morgan fingerprint density at radius 3 is 2.92 bits per heavy atom. The van der Waals surface area contributed by atoms with Crippen LogP contribution in [0.2, 0.25) is 0 Å². The molecule has 0 aliphatic carbocycles. The molecular weight excluding hydrogens is 190 g/mol. The van der Waals surface area contributed by atoms with Crippen molar-refractivity contribution in [3.8, 4) is 0 Å². The van der Waals surface area contributed by atoms with E-state index in [1.54, 1.807) is 4.57 Å². The molecule has 2 nitrogen and oxygen atoms in total. The van der Waals surface area contributed by atoms with Gasteiger partial charge >= 0.3 is 4.87 Å². The van der Waals surface area contributed by atoms with E-state index in [1.165, 1.54) is 11.3 Å². The fourth-order valence-electron chi connectivity index (χ4n) is 0.870. The number of aryl methyl sites for hydroxylation is 1. The van der Waals surface area contributed by atoms with Crippen molar-refractivity contribution in [2.75, 3.05) is 5.75 Å². The summed E-state index contributed by atoms with van der Waals surface area (Å²) >= 11 is 5.31. The molecule has 0 aliphatic heterocycles. The second kappa shape index (κ2) is 3.96. The second-order valence-corrected chi connectivity index (χ2v) is 3.77. The van der Waals surface area contributed by atoms with Crippen LogP contribution < -0.4 is 4.87 Å². The van der Waals surface area contributed by atoms with Gasteiger partial charge in [0.15, 0.2) is 0 Å². The molecule has 1 heterocycles. The Hall–Kier alpha value is -0.480. The van der Waals surface area contributed by atoms with Gasteiger partial charge in [0.25, 0.3) is 0 Å². The SMILES string of the molecule is C=C(CS)Cn1c(C)csc1=O. The van der Waals surface area contributed by atoms with Crippen LogP contribution in [-0.2, 0) is 6.54 Å². The van der Waals surface area contributed by atoms with Crippen molar-refractivity contribution in [2.24, 2.45) is 0 Å². The summed E-state index contributed by atoms with van der Waals surface area (Å²) < 4.78 is 1.71. The molecule has 0 N–H and O–H groups in total. The molecule has 0 aromatic carbocycles. The molecule has 0 radical (unpaired) electrons. The Bertz CT molecular complexity index is 337. The average molecular weight is 201 g/mol. The molecule has 0 bridgehead atoms. The third kappa shape index (κ3) is 2.01. The minimum atomic E-state index is 0.0791. The van der Waals surface area contributed by atoms with E-state index in [0.29, 0.717) is 12.3 Å². The highest BCUT2D eigenvalue weighted by molar-refractivity contribution is 7.80. The lowest BCUT2D eigenvalue weighted by Gasteiger charge is -2.04. The molecule has 1 rings (SSSR count). The van der Waals surface area contributed by atoms with Gasteiger partial charge in [-0.05, 0) is 12.5 Å². The molecular formula is C8H11NOS2. The third-order valence-electron chi connectivity index (χ3n) is 1.58. The van der Waals surface area contributed by atoms with E-state index in [-0.39, 0.29) is 4.87 Å². The quantitative estimate of drug-likeness (QED) is 0.583. The van der Waals surface area contributed by atoms with Gasteiger partial charge in [-0.3, -0.25) is 9.36 Å². The van der Waals surface area contributed by atoms with Crippen molar-refractivity contribution in [1.82, 2.24) is 4.57 Å². The first-order valence-electron chi connectivity index (χ1n) is 3.57. The highest BCUT2D eigenvalue weighted by atomic mass is 32.1. The van der Waals surface area contributed by atoms with Crippen LogP contribution in [0.25, 0.3) is 0 Å². The number of hydrogen-bond donors (Lipinski definition) is 1. The van der Waals surface area contributed by atoms with Gasteiger partial charge in [0.1, 0.15) is 0 Å². The van der Waals surface area contributed by atoms with E-state index in [4.69, 9.17) is 0 Å². The van der Waals surface area contributed by atoms with Gasteiger partial charge in [0.2, 0.25) is 0 Å². The number of hydrogen-bond acceptors (Lipinski definition) is 3. The Kier molecular flexibility index (Phi) is 3.17. The third-order valence-corrected chi connectivity index (χ3v) is 2.91. The maximum Gasteiger partial charge on any atom is 0.307 e. The van der Waals surface area contributed by atoms with Crippen LogP contribution in [0.15, 0.2) is 22.3 Å². The van der Waals surface area contributed by atoms with Crippen LogP contribution in [0.3, 0.4) is 0 Å². The minimum absolute atomic E-state index is 0.0791. The highest BCUT2D eigenvalue weighted by Crippen LogP contribution is 2.03. The lowest BCUT2D eigenvalue weighted by atomic mass is 10.3. The molecule has 0 amide bonds. The summed E-state index contributed by atoms with van der Waals surface area (Å²) in [5.41, 5.74) is 1.95. The molecule has 66 valence electrons. The van der Waals surface area contributed by atoms with E-state index in [9.17, 15) is 4.79 Å². The van der Waals surface area contributed by atoms with Crippen LogP contribution in [0.5, 0.6) is 0 Å². The molecule has 0 unspecified atom stereocenters. The van der Waals surface area contributed by atoms with Crippen LogP contribution in [0, 0.1) is 6.92 Å². The smallest absolute Gasteiger partial charge is 0.299 e. The lowest BCUT2D eigenvalue weighted by Crippen LogP contribution is -2.15. The Balaban J connectivity index is 2.88. The molecule has 4 heteroatoms. The first-order valence-corrected chi connectivity index (χ1v) is 5.09. The zero-order valence-electron chi connectivity index (χ0n) is 6.91. The van der Waals surface area contributed by atoms with Crippen LogP contribution >= 0.6 is 24.0 Å². The Labute approximate surface area is 81.0 Å². The molecule has 0 aliphatic rings.